The zero-order valence-electron chi connectivity index (χ0n) is 20.2. The van der Waals surface area contributed by atoms with E-state index in [-0.39, 0.29) is 11.8 Å². The first-order valence-corrected chi connectivity index (χ1v) is 11.6. The maximum absolute atomic E-state index is 13.3. The summed E-state index contributed by atoms with van der Waals surface area (Å²) in [6, 6.07) is 10.0. The van der Waals surface area contributed by atoms with E-state index in [1.54, 1.807) is 13.2 Å². The van der Waals surface area contributed by atoms with Crippen molar-refractivity contribution in [2.24, 2.45) is 5.92 Å². The number of amides is 1. The Kier molecular flexibility index (Phi) is 8.70. The van der Waals surface area contributed by atoms with Crippen molar-refractivity contribution in [2.45, 2.75) is 39.2 Å². The molecule has 2 heterocycles. The second-order valence-electron chi connectivity index (χ2n) is 9.38. The van der Waals surface area contributed by atoms with Crippen molar-refractivity contribution < 1.29 is 14.1 Å². The number of nitrogens with zero attached hydrogens (tertiary/aromatic N) is 4. The number of likely N-dealkylation sites (tertiary alicyclic amines) is 1. The summed E-state index contributed by atoms with van der Waals surface area (Å²) < 4.78 is 10.9. The number of para-hydroxylation sites is 1. The smallest absolute Gasteiger partial charge is 0.292 e. The maximum atomic E-state index is 13.3. The number of aromatic nitrogens is 1. The van der Waals surface area contributed by atoms with E-state index >= 15 is 0 Å². The van der Waals surface area contributed by atoms with Crippen LogP contribution < -0.4 is 4.74 Å². The van der Waals surface area contributed by atoms with Gasteiger partial charge in [0, 0.05) is 44.4 Å². The lowest BCUT2D eigenvalue weighted by Gasteiger charge is -2.36. The number of carbonyl (C=O) groups excluding carboxylic acids is 1. The molecule has 2 aromatic rings. The van der Waals surface area contributed by atoms with Gasteiger partial charge in [-0.15, -0.1) is 0 Å². The molecule has 3 rings (SSSR count). The molecule has 7 nitrogen and oxygen atoms in total. The van der Waals surface area contributed by atoms with Gasteiger partial charge in [-0.05, 0) is 51.4 Å². The highest BCUT2D eigenvalue weighted by atomic mass is 16.5. The van der Waals surface area contributed by atoms with E-state index in [2.05, 4.69) is 27.1 Å². The number of hydrogen-bond donors (Lipinski definition) is 0. The third-order valence-corrected chi connectivity index (χ3v) is 6.10. The molecule has 1 atom stereocenters. The van der Waals surface area contributed by atoms with Gasteiger partial charge in [-0.1, -0.05) is 37.2 Å². The van der Waals surface area contributed by atoms with Crippen LogP contribution in [0.25, 0.3) is 0 Å². The molecule has 176 valence electrons. The van der Waals surface area contributed by atoms with Gasteiger partial charge in [-0.3, -0.25) is 9.69 Å². The van der Waals surface area contributed by atoms with Crippen molar-refractivity contribution in [1.82, 2.24) is 19.9 Å². The topological polar surface area (TPSA) is 62.1 Å². The number of methoxy groups -OCH3 is 1. The lowest BCUT2D eigenvalue weighted by atomic mass is 9.96. The van der Waals surface area contributed by atoms with Crippen LogP contribution in [0.4, 0.5) is 0 Å². The number of piperidine rings is 1. The standard InChI is InChI=1S/C25H38N4O3/c1-19(2)22-15-24(32-26-22)25(30)29(14-13-27(3)4)17-20-9-8-12-28(16-20)18-21-10-6-7-11-23(21)31-5/h6-7,10-11,15,19-20H,8-9,12-14,16-18H2,1-5H3/t20-/m0/s1. The Morgan fingerprint density at radius 3 is 2.75 bits per heavy atom. The summed E-state index contributed by atoms with van der Waals surface area (Å²) >= 11 is 0. The van der Waals surface area contributed by atoms with Crippen molar-refractivity contribution >= 4 is 5.91 Å². The molecule has 1 aromatic carbocycles. The quantitative estimate of drug-likeness (QED) is 0.559. The number of likely N-dealkylation sites (N-methyl/N-ethyl adjacent to an activating group) is 1. The molecule has 0 unspecified atom stereocenters. The highest BCUT2D eigenvalue weighted by Crippen LogP contribution is 2.24. The molecule has 0 aliphatic carbocycles. The fourth-order valence-electron chi connectivity index (χ4n) is 4.24. The fraction of sp³-hybridized carbons (Fsp3) is 0.600. The third-order valence-electron chi connectivity index (χ3n) is 6.10. The Balaban J connectivity index is 1.67. The average Bonchev–Trinajstić information content (AvgIpc) is 3.27. The molecule has 1 aliphatic rings. The van der Waals surface area contributed by atoms with Crippen LogP contribution in [0, 0.1) is 5.92 Å². The molecule has 0 bridgehead atoms. The van der Waals surface area contributed by atoms with E-state index in [1.807, 2.05) is 45.0 Å². The zero-order chi connectivity index (χ0) is 23.1. The van der Waals surface area contributed by atoms with Crippen molar-refractivity contribution in [3.8, 4) is 5.75 Å². The maximum Gasteiger partial charge on any atom is 0.292 e. The summed E-state index contributed by atoms with van der Waals surface area (Å²) in [6.45, 7) is 9.22. The lowest BCUT2D eigenvalue weighted by molar-refractivity contribution is 0.0621. The van der Waals surface area contributed by atoms with Crippen LogP contribution in [0.3, 0.4) is 0 Å². The van der Waals surface area contributed by atoms with Crippen LogP contribution in [-0.2, 0) is 6.54 Å². The molecule has 1 aromatic heterocycles. The first kappa shape index (κ1) is 24.3. The van der Waals surface area contributed by atoms with Crippen LogP contribution in [-0.4, -0.2) is 79.7 Å². The first-order valence-electron chi connectivity index (χ1n) is 11.6. The molecule has 0 N–H and O–H groups in total. The van der Waals surface area contributed by atoms with Gasteiger partial charge in [0.15, 0.2) is 0 Å². The second kappa shape index (κ2) is 11.5. The van der Waals surface area contributed by atoms with E-state index in [4.69, 9.17) is 9.26 Å². The summed E-state index contributed by atoms with van der Waals surface area (Å²) in [7, 11) is 5.79. The molecular weight excluding hydrogens is 404 g/mol. The summed E-state index contributed by atoms with van der Waals surface area (Å²) in [5.41, 5.74) is 2.03. The molecule has 0 saturated carbocycles. The summed E-state index contributed by atoms with van der Waals surface area (Å²) in [6.07, 6.45) is 2.26. The molecule has 1 saturated heterocycles. The Morgan fingerprint density at radius 1 is 1.28 bits per heavy atom. The van der Waals surface area contributed by atoms with Gasteiger partial charge in [0.2, 0.25) is 5.76 Å². The highest BCUT2D eigenvalue weighted by molar-refractivity contribution is 5.91. The van der Waals surface area contributed by atoms with Gasteiger partial charge >= 0.3 is 0 Å². The number of hydrogen-bond acceptors (Lipinski definition) is 6. The molecule has 0 spiro atoms. The fourth-order valence-corrected chi connectivity index (χ4v) is 4.24. The molecule has 0 radical (unpaired) electrons. The van der Waals surface area contributed by atoms with E-state index in [1.165, 1.54) is 5.56 Å². The second-order valence-corrected chi connectivity index (χ2v) is 9.38. The SMILES string of the molecule is COc1ccccc1CN1CCC[C@H](CN(CCN(C)C)C(=O)c2cc(C(C)C)no2)C1. The van der Waals surface area contributed by atoms with Gasteiger partial charge in [0.05, 0.1) is 12.8 Å². The summed E-state index contributed by atoms with van der Waals surface area (Å²) in [4.78, 5) is 19.8. The molecule has 1 fully saturated rings. The predicted molar refractivity (Wildman–Crippen MR) is 126 cm³/mol. The number of benzene rings is 1. The van der Waals surface area contributed by atoms with Crippen LogP contribution in [0.5, 0.6) is 5.75 Å². The molecule has 32 heavy (non-hydrogen) atoms. The minimum Gasteiger partial charge on any atom is -0.496 e. The average molecular weight is 443 g/mol. The monoisotopic (exact) mass is 442 g/mol. The molecule has 1 amide bonds. The van der Waals surface area contributed by atoms with Crippen LogP contribution in [0.2, 0.25) is 0 Å². The Hall–Kier alpha value is -2.38. The largest absolute Gasteiger partial charge is 0.496 e. The van der Waals surface area contributed by atoms with E-state index < -0.39 is 0 Å². The lowest BCUT2D eigenvalue weighted by Crippen LogP contribution is -2.44. The van der Waals surface area contributed by atoms with Crippen molar-refractivity contribution in [3.05, 3.63) is 47.3 Å². The van der Waals surface area contributed by atoms with Crippen LogP contribution >= 0.6 is 0 Å². The van der Waals surface area contributed by atoms with Crippen molar-refractivity contribution in [2.75, 3.05) is 53.9 Å². The van der Waals surface area contributed by atoms with E-state index in [0.29, 0.717) is 18.2 Å². The first-order chi connectivity index (χ1) is 15.4. The van der Waals surface area contributed by atoms with Gasteiger partial charge in [0.25, 0.3) is 5.91 Å². The van der Waals surface area contributed by atoms with Crippen LogP contribution in [0.15, 0.2) is 34.9 Å². The van der Waals surface area contributed by atoms with Crippen LogP contribution in [0.1, 0.15) is 54.4 Å². The van der Waals surface area contributed by atoms with Crippen molar-refractivity contribution in [1.29, 1.82) is 0 Å². The van der Waals surface area contributed by atoms with E-state index in [9.17, 15) is 4.79 Å². The summed E-state index contributed by atoms with van der Waals surface area (Å²) in [5.74, 6) is 1.88. The van der Waals surface area contributed by atoms with Gasteiger partial charge < -0.3 is 19.1 Å². The number of ether oxygens (including phenoxy) is 1. The Bertz CT molecular complexity index is 864. The minimum atomic E-state index is -0.0619. The molecule has 7 heteroatoms. The predicted octanol–water partition coefficient (Wildman–Crippen LogP) is 3.72. The van der Waals surface area contributed by atoms with Gasteiger partial charge in [-0.2, -0.15) is 0 Å². The zero-order valence-corrected chi connectivity index (χ0v) is 20.2. The van der Waals surface area contributed by atoms with E-state index in [0.717, 1.165) is 57.0 Å². The van der Waals surface area contributed by atoms with Gasteiger partial charge in [0.1, 0.15) is 5.75 Å². The Morgan fingerprint density at radius 2 is 2.06 bits per heavy atom. The Labute approximate surface area is 192 Å². The third kappa shape index (κ3) is 6.56. The minimum absolute atomic E-state index is 0.0619. The molecule has 1 aliphatic heterocycles. The number of rotatable bonds is 10. The molecular formula is C25H38N4O3. The highest BCUT2D eigenvalue weighted by Gasteiger charge is 2.27. The summed E-state index contributed by atoms with van der Waals surface area (Å²) in [5, 5.41) is 4.08. The van der Waals surface area contributed by atoms with Gasteiger partial charge in [-0.25, -0.2) is 0 Å². The normalized spacial score (nSPS) is 17.2. The number of carbonyl (C=O) groups is 1. The van der Waals surface area contributed by atoms with Crippen molar-refractivity contribution in [3.63, 3.8) is 0 Å².